The molecule has 6 rings (SSSR count). The Balaban J connectivity index is 1.38. The van der Waals surface area contributed by atoms with Gasteiger partial charge in [0.05, 0.1) is 13.7 Å². The fourth-order valence-electron chi connectivity index (χ4n) is 4.90. The maximum Gasteiger partial charge on any atom is 0.322 e. The number of aromatic nitrogens is 1. The summed E-state index contributed by atoms with van der Waals surface area (Å²) in [4.78, 5) is 68.3. The van der Waals surface area contributed by atoms with Gasteiger partial charge in [-0.2, -0.15) is 0 Å². The maximum absolute atomic E-state index is 13.2. The molecule has 5 heterocycles. The minimum absolute atomic E-state index is 0.0573. The van der Waals surface area contributed by atoms with Crippen molar-refractivity contribution in [1.82, 2.24) is 31.2 Å². The summed E-state index contributed by atoms with van der Waals surface area (Å²) in [6, 6.07) is 6.91. The van der Waals surface area contributed by atoms with E-state index in [9.17, 15) is 24.0 Å². The molecule has 1 unspecified atom stereocenters. The predicted octanol–water partition coefficient (Wildman–Crippen LogP) is 0.582. The SMILES string of the molecule is COc1ccc2c(c1)C(=O)N(C[C@@]1(c3cc4cc(C5(C)NC(=O)NC5=O)cnc4o3)NC(=O)NC1=O)C2. The van der Waals surface area contributed by atoms with Gasteiger partial charge in [-0.15, -0.1) is 0 Å². The van der Waals surface area contributed by atoms with Crippen LogP contribution in [0.4, 0.5) is 9.59 Å². The highest BCUT2D eigenvalue weighted by Gasteiger charge is 2.53. The van der Waals surface area contributed by atoms with E-state index in [-0.39, 0.29) is 30.5 Å². The van der Waals surface area contributed by atoms with Crippen molar-refractivity contribution in [2.75, 3.05) is 13.7 Å². The molecule has 0 aliphatic carbocycles. The third-order valence-corrected chi connectivity index (χ3v) is 6.98. The summed E-state index contributed by atoms with van der Waals surface area (Å²) in [6.45, 7) is 1.55. The highest BCUT2D eigenvalue weighted by molar-refractivity contribution is 6.09. The Labute approximate surface area is 208 Å². The van der Waals surface area contributed by atoms with Crippen molar-refractivity contribution in [2.45, 2.75) is 24.5 Å². The van der Waals surface area contributed by atoms with Crippen molar-refractivity contribution in [2.24, 2.45) is 0 Å². The van der Waals surface area contributed by atoms with Crippen molar-refractivity contribution in [3.05, 3.63) is 59.0 Å². The standard InChI is InChI=1S/C24H20N6O7/c1-23(19(32)26-21(34)28-23)13-5-12-6-16(37-17(12)25-8-13)24(20(33)27-22(35)29-24)10-30-9-11-3-4-14(36-2)7-15(11)18(30)31/h3-8H,9-10H2,1-2H3,(H2,26,28,32,34)(H2,27,29,33,35)/t23?,24-/m0/s1. The van der Waals surface area contributed by atoms with Gasteiger partial charge in [-0.25, -0.2) is 14.6 Å². The van der Waals surface area contributed by atoms with E-state index in [0.29, 0.717) is 22.3 Å². The van der Waals surface area contributed by atoms with Crippen molar-refractivity contribution < 1.29 is 33.1 Å². The molecule has 37 heavy (non-hydrogen) atoms. The Kier molecular flexibility index (Phi) is 4.58. The number of furan rings is 1. The number of ether oxygens (including phenoxy) is 1. The third-order valence-electron chi connectivity index (χ3n) is 6.98. The molecule has 3 aliphatic heterocycles. The first-order chi connectivity index (χ1) is 17.6. The number of rotatable bonds is 5. The lowest BCUT2D eigenvalue weighted by molar-refractivity contribution is -0.125. The van der Waals surface area contributed by atoms with Crippen LogP contribution in [0.2, 0.25) is 0 Å². The number of imide groups is 2. The number of pyridine rings is 1. The van der Waals surface area contributed by atoms with Crippen molar-refractivity contribution in [3.8, 4) is 5.75 Å². The summed E-state index contributed by atoms with van der Waals surface area (Å²) in [6.07, 6.45) is 1.38. The summed E-state index contributed by atoms with van der Waals surface area (Å²) in [5.41, 5.74) is -1.33. The summed E-state index contributed by atoms with van der Waals surface area (Å²) >= 11 is 0. The maximum atomic E-state index is 13.2. The van der Waals surface area contributed by atoms with Crippen LogP contribution in [0, 0.1) is 0 Å². The van der Waals surface area contributed by atoms with Gasteiger partial charge in [0.2, 0.25) is 5.71 Å². The molecule has 0 bridgehead atoms. The molecule has 13 heteroatoms. The number of amides is 7. The average molecular weight is 504 g/mol. The number of urea groups is 2. The van der Waals surface area contributed by atoms with Gasteiger partial charge in [0.1, 0.15) is 17.0 Å². The molecular formula is C24H20N6O7. The zero-order chi connectivity index (χ0) is 26.1. The molecule has 2 saturated heterocycles. The minimum Gasteiger partial charge on any atom is -0.497 e. The number of hydrogen-bond acceptors (Lipinski definition) is 8. The summed E-state index contributed by atoms with van der Waals surface area (Å²) in [5, 5.41) is 10.0. The molecule has 7 amide bonds. The molecule has 3 aliphatic rings. The second-order valence-corrected chi connectivity index (χ2v) is 9.26. The molecule has 0 spiro atoms. The fourth-order valence-corrected chi connectivity index (χ4v) is 4.90. The van der Waals surface area contributed by atoms with Gasteiger partial charge in [-0.05, 0) is 36.8 Å². The minimum atomic E-state index is -1.72. The van der Waals surface area contributed by atoms with E-state index in [1.165, 1.54) is 31.2 Å². The van der Waals surface area contributed by atoms with Gasteiger partial charge >= 0.3 is 12.1 Å². The summed E-state index contributed by atoms with van der Waals surface area (Å²) in [7, 11) is 1.50. The molecule has 0 saturated carbocycles. The fraction of sp³-hybridized carbons (Fsp3) is 0.250. The zero-order valence-corrected chi connectivity index (χ0v) is 19.6. The monoisotopic (exact) mass is 504 g/mol. The smallest absolute Gasteiger partial charge is 0.322 e. The van der Waals surface area contributed by atoms with Crippen LogP contribution >= 0.6 is 0 Å². The van der Waals surface area contributed by atoms with Crippen molar-refractivity contribution in [3.63, 3.8) is 0 Å². The first-order valence-electron chi connectivity index (χ1n) is 11.3. The predicted molar refractivity (Wildman–Crippen MR) is 124 cm³/mol. The van der Waals surface area contributed by atoms with Crippen LogP contribution in [0.15, 0.2) is 40.9 Å². The Hall–Kier alpha value is -4.94. The quantitative estimate of drug-likeness (QED) is 0.365. The highest BCUT2D eigenvalue weighted by atomic mass is 16.5. The molecule has 4 N–H and O–H groups in total. The van der Waals surface area contributed by atoms with E-state index >= 15 is 0 Å². The van der Waals surface area contributed by atoms with Crippen LogP contribution in [0.1, 0.15) is 34.2 Å². The number of fused-ring (bicyclic) bond motifs is 2. The molecule has 2 fully saturated rings. The number of benzene rings is 1. The van der Waals surface area contributed by atoms with E-state index < -0.39 is 35.0 Å². The van der Waals surface area contributed by atoms with Crippen LogP contribution in [0.5, 0.6) is 5.75 Å². The number of carbonyl (C=O) groups excluding carboxylic acids is 5. The van der Waals surface area contributed by atoms with Crippen LogP contribution in [0.3, 0.4) is 0 Å². The Morgan fingerprint density at radius 3 is 2.46 bits per heavy atom. The van der Waals surface area contributed by atoms with Gasteiger partial charge < -0.3 is 24.7 Å². The van der Waals surface area contributed by atoms with Gasteiger partial charge in [-0.3, -0.25) is 25.0 Å². The van der Waals surface area contributed by atoms with E-state index in [4.69, 9.17) is 9.15 Å². The Morgan fingerprint density at radius 1 is 1.03 bits per heavy atom. The lowest BCUT2D eigenvalue weighted by atomic mass is 9.92. The van der Waals surface area contributed by atoms with E-state index in [1.807, 2.05) is 0 Å². The van der Waals surface area contributed by atoms with Gasteiger partial charge in [0, 0.05) is 29.3 Å². The molecule has 188 valence electrons. The molecule has 3 aromatic rings. The molecule has 2 aromatic heterocycles. The first kappa shape index (κ1) is 22.5. The van der Waals surface area contributed by atoms with Gasteiger partial charge in [-0.1, -0.05) is 6.07 Å². The number of carbonyl (C=O) groups is 5. The van der Waals surface area contributed by atoms with Gasteiger partial charge in [0.25, 0.3) is 17.7 Å². The van der Waals surface area contributed by atoms with Crippen LogP contribution in [-0.2, 0) is 27.2 Å². The largest absolute Gasteiger partial charge is 0.497 e. The first-order valence-corrected chi connectivity index (χ1v) is 11.3. The second-order valence-electron chi connectivity index (χ2n) is 9.26. The van der Waals surface area contributed by atoms with E-state index in [1.54, 1.807) is 24.3 Å². The molecule has 1 aromatic carbocycles. The Bertz CT molecular complexity index is 1560. The number of nitrogens with zero attached hydrogens (tertiary/aromatic N) is 2. The highest BCUT2D eigenvalue weighted by Crippen LogP contribution is 2.35. The van der Waals surface area contributed by atoms with Crippen LogP contribution in [0.25, 0.3) is 11.1 Å². The third kappa shape index (κ3) is 3.23. The zero-order valence-electron chi connectivity index (χ0n) is 19.6. The second kappa shape index (κ2) is 7.53. The number of hydrogen-bond donors (Lipinski definition) is 4. The Morgan fingerprint density at radius 2 is 1.78 bits per heavy atom. The molecule has 2 atom stereocenters. The number of nitrogens with one attached hydrogen (secondary N) is 4. The topological polar surface area (TPSA) is 172 Å². The van der Waals surface area contributed by atoms with E-state index in [2.05, 4.69) is 26.3 Å². The van der Waals surface area contributed by atoms with E-state index in [0.717, 1.165) is 5.56 Å². The number of methoxy groups -OCH3 is 1. The van der Waals surface area contributed by atoms with Crippen LogP contribution < -0.4 is 26.0 Å². The normalized spacial score (nSPS) is 24.7. The van der Waals surface area contributed by atoms with Crippen molar-refractivity contribution >= 4 is 40.9 Å². The molecular weight excluding hydrogens is 484 g/mol. The van der Waals surface area contributed by atoms with Crippen LogP contribution in [-0.4, -0.2) is 53.3 Å². The molecule has 0 radical (unpaired) electrons. The summed E-state index contributed by atoms with van der Waals surface area (Å²) in [5.74, 6) is -0.968. The van der Waals surface area contributed by atoms with Gasteiger partial charge in [0.15, 0.2) is 5.54 Å². The summed E-state index contributed by atoms with van der Waals surface area (Å²) < 4.78 is 11.1. The average Bonchev–Trinajstić information content (AvgIpc) is 3.57. The lowest BCUT2D eigenvalue weighted by Crippen LogP contribution is -2.52. The molecule has 13 nitrogen and oxygen atoms in total. The lowest BCUT2D eigenvalue weighted by Gasteiger charge is -2.28. The van der Waals surface area contributed by atoms with Crippen molar-refractivity contribution in [1.29, 1.82) is 0 Å².